The summed E-state index contributed by atoms with van der Waals surface area (Å²) in [5.41, 5.74) is 0. The summed E-state index contributed by atoms with van der Waals surface area (Å²) in [6.07, 6.45) is -12.3. The Morgan fingerprint density at radius 1 is 0.864 bits per heavy atom. The van der Waals surface area contributed by atoms with E-state index in [-0.39, 0.29) is 6.42 Å². The maximum absolute atomic E-state index is 9.94. The molecule has 0 aromatic carbocycles. The fourth-order valence-electron chi connectivity index (χ4n) is 2.54. The van der Waals surface area contributed by atoms with Crippen molar-refractivity contribution in [1.29, 1.82) is 0 Å². The zero-order valence-corrected chi connectivity index (χ0v) is 11.7. The summed E-state index contributed by atoms with van der Waals surface area (Å²) in [5.74, 6) is 0. The summed E-state index contributed by atoms with van der Waals surface area (Å²) in [6.45, 7) is -1.03. The quantitative estimate of drug-likeness (QED) is 0.268. The van der Waals surface area contributed by atoms with Crippen LogP contribution in [-0.4, -0.2) is 104 Å². The molecule has 0 aromatic heterocycles. The molecular formula is C12H22O10. The van der Waals surface area contributed by atoms with Gasteiger partial charge in [0.05, 0.1) is 25.4 Å². The number of aliphatic hydroxyl groups is 7. The Labute approximate surface area is 126 Å². The topological polar surface area (TPSA) is 169 Å². The van der Waals surface area contributed by atoms with E-state index in [1.807, 2.05) is 0 Å². The van der Waals surface area contributed by atoms with Crippen LogP contribution in [0.2, 0.25) is 0 Å². The second-order valence-corrected chi connectivity index (χ2v) is 5.43. The van der Waals surface area contributed by atoms with Crippen LogP contribution in [0.4, 0.5) is 0 Å². The second kappa shape index (κ2) is 7.45. The van der Waals surface area contributed by atoms with Gasteiger partial charge in [-0.2, -0.15) is 0 Å². The molecule has 22 heavy (non-hydrogen) atoms. The Balaban J connectivity index is 2.08. The lowest BCUT2D eigenvalue weighted by Gasteiger charge is -2.44. The fourth-order valence-corrected chi connectivity index (χ4v) is 2.54. The van der Waals surface area contributed by atoms with Crippen LogP contribution in [0.5, 0.6) is 0 Å². The van der Waals surface area contributed by atoms with E-state index in [2.05, 4.69) is 0 Å². The molecular weight excluding hydrogens is 304 g/mol. The Bertz CT molecular complexity index is 353. The number of hydrogen-bond donors (Lipinski definition) is 7. The van der Waals surface area contributed by atoms with E-state index in [1.54, 1.807) is 0 Å². The normalized spacial score (nSPS) is 50.0. The van der Waals surface area contributed by atoms with Crippen molar-refractivity contribution in [1.82, 2.24) is 0 Å². The van der Waals surface area contributed by atoms with Crippen molar-refractivity contribution in [2.24, 2.45) is 0 Å². The molecule has 0 amide bonds. The molecule has 0 saturated carbocycles. The van der Waals surface area contributed by atoms with Gasteiger partial charge in [0.15, 0.2) is 12.6 Å². The highest BCUT2D eigenvalue weighted by molar-refractivity contribution is 4.91. The molecule has 2 aliphatic heterocycles. The number of rotatable bonds is 4. The van der Waals surface area contributed by atoms with Gasteiger partial charge in [0.25, 0.3) is 0 Å². The van der Waals surface area contributed by atoms with Crippen molar-refractivity contribution in [3.05, 3.63) is 0 Å². The van der Waals surface area contributed by atoms with E-state index in [1.165, 1.54) is 0 Å². The predicted octanol–water partition coefficient (Wildman–Crippen LogP) is -4.37. The standard InChI is InChI=1S/C12H22O10/c13-2-4-1-5(15)7(16)12(20-4)22-10-6(3-14)21-11(19)9(18)8(10)17/h4-19H,1-3H2/t4-,5-,6-,7+,8+,9+,10+,11+,12-/m0/s1. The maximum Gasteiger partial charge on any atom is 0.186 e. The van der Waals surface area contributed by atoms with Gasteiger partial charge in [0.2, 0.25) is 0 Å². The van der Waals surface area contributed by atoms with E-state index in [4.69, 9.17) is 19.3 Å². The first-order chi connectivity index (χ1) is 10.4. The molecule has 7 N–H and O–H groups in total. The van der Waals surface area contributed by atoms with Crippen molar-refractivity contribution in [3.8, 4) is 0 Å². The highest BCUT2D eigenvalue weighted by atomic mass is 16.7. The Morgan fingerprint density at radius 3 is 2.14 bits per heavy atom. The van der Waals surface area contributed by atoms with Crippen LogP contribution in [0.15, 0.2) is 0 Å². The summed E-state index contributed by atoms with van der Waals surface area (Å²) >= 11 is 0. The average molecular weight is 326 g/mol. The third kappa shape index (κ3) is 3.57. The SMILES string of the molecule is OC[C@@H]1C[C@H](O)[C@@H](O)[C@H](O[C@H]2[C@H](O)[C@@H](O)[C@H](O)O[C@H]2CO)O1. The van der Waals surface area contributed by atoms with E-state index in [9.17, 15) is 30.6 Å². The van der Waals surface area contributed by atoms with Crippen molar-refractivity contribution in [3.63, 3.8) is 0 Å². The van der Waals surface area contributed by atoms with Crippen LogP contribution >= 0.6 is 0 Å². The van der Waals surface area contributed by atoms with E-state index < -0.39 is 68.5 Å². The minimum atomic E-state index is -1.69. The van der Waals surface area contributed by atoms with Gasteiger partial charge in [-0.1, -0.05) is 0 Å². The molecule has 2 rings (SSSR count). The van der Waals surface area contributed by atoms with Crippen LogP contribution < -0.4 is 0 Å². The van der Waals surface area contributed by atoms with Gasteiger partial charge in [-0.25, -0.2) is 0 Å². The second-order valence-electron chi connectivity index (χ2n) is 5.43. The molecule has 0 unspecified atom stereocenters. The Morgan fingerprint density at radius 2 is 1.55 bits per heavy atom. The van der Waals surface area contributed by atoms with Crippen molar-refractivity contribution < 1.29 is 50.0 Å². The molecule has 0 radical (unpaired) electrons. The molecule has 2 fully saturated rings. The molecule has 2 heterocycles. The minimum absolute atomic E-state index is 0.00597. The molecule has 2 saturated heterocycles. The first-order valence-corrected chi connectivity index (χ1v) is 6.97. The third-order valence-corrected chi connectivity index (χ3v) is 3.84. The number of aliphatic hydroxyl groups excluding tert-OH is 7. The molecule has 10 nitrogen and oxygen atoms in total. The number of ether oxygens (including phenoxy) is 3. The highest BCUT2D eigenvalue weighted by Crippen LogP contribution is 2.28. The molecule has 0 spiro atoms. The molecule has 9 atom stereocenters. The smallest absolute Gasteiger partial charge is 0.186 e. The van der Waals surface area contributed by atoms with Gasteiger partial charge in [0, 0.05) is 6.42 Å². The van der Waals surface area contributed by atoms with Gasteiger partial charge in [-0.3, -0.25) is 0 Å². The van der Waals surface area contributed by atoms with Crippen molar-refractivity contribution >= 4 is 0 Å². The summed E-state index contributed by atoms with van der Waals surface area (Å²) in [6, 6.07) is 0. The van der Waals surface area contributed by atoms with Crippen LogP contribution in [0, 0.1) is 0 Å². The minimum Gasteiger partial charge on any atom is -0.394 e. The first-order valence-electron chi connectivity index (χ1n) is 6.97. The zero-order valence-electron chi connectivity index (χ0n) is 11.7. The van der Waals surface area contributed by atoms with Crippen LogP contribution in [0.1, 0.15) is 6.42 Å². The first kappa shape index (κ1) is 17.9. The Kier molecular flexibility index (Phi) is 6.07. The lowest BCUT2D eigenvalue weighted by atomic mass is 9.98. The lowest BCUT2D eigenvalue weighted by Crippen LogP contribution is -2.62. The van der Waals surface area contributed by atoms with Gasteiger partial charge >= 0.3 is 0 Å². The van der Waals surface area contributed by atoms with Crippen LogP contribution in [0.3, 0.4) is 0 Å². The number of hydrogen-bond acceptors (Lipinski definition) is 10. The molecule has 0 aliphatic carbocycles. The van der Waals surface area contributed by atoms with Crippen LogP contribution in [-0.2, 0) is 14.2 Å². The van der Waals surface area contributed by atoms with E-state index in [0.29, 0.717) is 0 Å². The largest absolute Gasteiger partial charge is 0.394 e. The molecule has 0 aromatic rings. The van der Waals surface area contributed by atoms with Gasteiger partial charge in [-0.05, 0) is 0 Å². The molecule has 10 heteroatoms. The zero-order chi connectivity index (χ0) is 16.4. The maximum atomic E-state index is 9.94. The molecule has 0 bridgehead atoms. The monoisotopic (exact) mass is 326 g/mol. The fraction of sp³-hybridized carbons (Fsp3) is 1.00. The van der Waals surface area contributed by atoms with E-state index >= 15 is 0 Å². The summed E-state index contributed by atoms with van der Waals surface area (Å²) < 4.78 is 15.5. The van der Waals surface area contributed by atoms with Gasteiger partial charge < -0.3 is 50.0 Å². The lowest BCUT2D eigenvalue weighted by molar-refractivity contribution is -0.344. The van der Waals surface area contributed by atoms with E-state index in [0.717, 1.165) is 0 Å². The average Bonchev–Trinajstić information content (AvgIpc) is 2.51. The van der Waals surface area contributed by atoms with Crippen molar-refractivity contribution in [2.75, 3.05) is 13.2 Å². The highest BCUT2D eigenvalue weighted by Gasteiger charge is 2.48. The molecule has 2 aliphatic rings. The predicted molar refractivity (Wildman–Crippen MR) is 67.2 cm³/mol. The molecule has 130 valence electrons. The van der Waals surface area contributed by atoms with Gasteiger partial charge in [0.1, 0.15) is 30.5 Å². The Hall–Kier alpha value is -0.400. The third-order valence-electron chi connectivity index (χ3n) is 3.84. The van der Waals surface area contributed by atoms with Crippen molar-refractivity contribution in [2.45, 2.75) is 61.7 Å². The van der Waals surface area contributed by atoms with Crippen LogP contribution in [0.25, 0.3) is 0 Å². The summed E-state index contributed by atoms with van der Waals surface area (Å²) in [4.78, 5) is 0. The summed E-state index contributed by atoms with van der Waals surface area (Å²) in [5, 5.41) is 66.8. The summed E-state index contributed by atoms with van der Waals surface area (Å²) in [7, 11) is 0. The van der Waals surface area contributed by atoms with Gasteiger partial charge in [-0.15, -0.1) is 0 Å².